The lowest BCUT2D eigenvalue weighted by atomic mass is 9.89. The molecule has 58 heavy (non-hydrogen) atoms. The predicted octanol–water partition coefficient (Wildman–Crippen LogP) is 14.4. The highest BCUT2D eigenvalue weighted by Gasteiger charge is 2.35. The first-order valence-corrected chi connectivity index (χ1v) is 22.4. The van der Waals surface area contributed by atoms with Crippen LogP contribution in [-0.2, 0) is 38.8 Å². The van der Waals surface area contributed by atoms with Gasteiger partial charge in [-0.3, -0.25) is 0 Å². The first kappa shape index (κ1) is 48.3. The van der Waals surface area contributed by atoms with E-state index in [1.165, 1.54) is 35.7 Å². The molecule has 0 amide bonds. The van der Waals surface area contributed by atoms with E-state index in [1.807, 2.05) is 38.1 Å². The molecule has 0 spiro atoms. The second-order valence-electron chi connectivity index (χ2n) is 14.5. The molecule has 0 saturated carbocycles. The van der Waals surface area contributed by atoms with E-state index in [0.717, 1.165) is 58.0 Å². The molecule has 0 heterocycles. The van der Waals surface area contributed by atoms with Gasteiger partial charge < -0.3 is 11.5 Å². The first-order valence-electron chi connectivity index (χ1n) is 18.9. The summed E-state index contributed by atoms with van der Waals surface area (Å²) in [5.74, 6) is 0. The minimum absolute atomic E-state index is 0.0161. The highest BCUT2D eigenvalue weighted by molar-refractivity contribution is 7.99. The third kappa shape index (κ3) is 15.6. The van der Waals surface area contributed by atoms with Gasteiger partial charge in [0.25, 0.3) is 0 Å². The quantitative estimate of drug-likeness (QED) is 0.0600. The molecule has 0 unspecified atom stereocenters. The molecule has 0 radical (unpaired) electrons. The molecule has 4 N–H and O–H groups in total. The topological polar surface area (TPSA) is 87.6 Å². The van der Waals surface area contributed by atoms with Crippen LogP contribution in [0.3, 0.4) is 0 Å². The van der Waals surface area contributed by atoms with Crippen molar-refractivity contribution in [2.24, 2.45) is 11.5 Å². The van der Waals surface area contributed by atoms with E-state index < -0.39 is 42.8 Å². The van der Waals surface area contributed by atoms with E-state index in [1.54, 1.807) is 24.3 Å². The van der Waals surface area contributed by atoms with Crippen molar-refractivity contribution in [1.82, 2.24) is 0 Å². The molecule has 5 nitrogen and oxygen atoms in total. The fourth-order valence-electron chi connectivity index (χ4n) is 6.53. The lowest BCUT2D eigenvalue weighted by Gasteiger charge is -2.27. The highest BCUT2D eigenvalue weighted by atomic mass is 35.5. The van der Waals surface area contributed by atoms with Crippen LogP contribution in [0.25, 0.3) is 0 Å². The third-order valence-electron chi connectivity index (χ3n) is 9.50. The Morgan fingerprint density at radius 1 is 0.586 bits per heavy atom. The summed E-state index contributed by atoms with van der Waals surface area (Å²) in [6.07, 6.45) is -2.35. The van der Waals surface area contributed by atoms with Crippen molar-refractivity contribution in [2.45, 2.75) is 121 Å². The zero-order valence-corrected chi connectivity index (χ0v) is 36.3. The lowest BCUT2D eigenvalue weighted by Crippen LogP contribution is -2.45. The van der Waals surface area contributed by atoms with Gasteiger partial charge in [0.2, 0.25) is 0 Å². The second-order valence-corrected chi connectivity index (χ2v) is 18.5. The van der Waals surface area contributed by atoms with Gasteiger partial charge in [-0.15, -0.1) is 9.05 Å². The standard InChI is InChI=1S/C42H48Cl2F6N2O3PS2/c1-3-19-39(51,21-7-9-29-15-17-35(25-37(29)43)57-33-13-5-11-31(23-33)41(45,46)47)27-54-56(53)55-28-40(52,20-4-2)22-8-10-30-16-18-36(26-38(30)44)58-34-14-6-12-32(24-34)42(48,49)50/h5-6,11-18,23-26H,3-4,7-10,19-22,27-28,51-52H2,1-2H3/q+1/t39-,40-/m1/s1. The van der Waals surface area contributed by atoms with E-state index in [-0.39, 0.29) is 13.2 Å². The number of benzene rings is 4. The van der Waals surface area contributed by atoms with Crippen LogP contribution < -0.4 is 11.5 Å². The van der Waals surface area contributed by atoms with Gasteiger partial charge in [0.05, 0.1) is 11.1 Å². The second kappa shape index (κ2) is 22.0. The molecule has 16 heteroatoms. The molecular formula is C42H48Cl2F6N2O3PS2+. The molecule has 4 rings (SSSR count). The zero-order valence-electron chi connectivity index (χ0n) is 32.2. The normalized spacial score (nSPS) is 14.3. The number of alkyl halides is 6. The monoisotopic (exact) mass is 907 g/mol. The summed E-state index contributed by atoms with van der Waals surface area (Å²) in [7, 11) is -2.51. The first-order chi connectivity index (χ1) is 27.3. The number of aryl methyl sites for hydroxylation is 2. The fraction of sp³-hybridized carbons (Fsp3) is 0.429. The molecular weight excluding hydrogens is 860 g/mol. The van der Waals surface area contributed by atoms with E-state index in [9.17, 15) is 30.9 Å². The molecule has 316 valence electrons. The van der Waals surface area contributed by atoms with Crippen molar-refractivity contribution >= 4 is 55.0 Å². The predicted molar refractivity (Wildman–Crippen MR) is 223 cm³/mol. The zero-order chi connectivity index (χ0) is 42.6. The van der Waals surface area contributed by atoms with Crippen molar-refractivity contribution in [3.8, 4) is 0 Å². The van der Waals surface area contributed by atoms with Crippen molar-refractivity contribution in [1.29, 1.82) is 0 Å². The Kier molecular flexibility index (Phi) is 18.3. The maximum absolute atomic E-state index is 13.1. The van der Waals surface area contributed by atoms with Crippen LogP contribution in [0, 0.1) is 0 Å². The van der Waals surface area contributed by atoms with Crippen LogP contribution in [0.5, 0.6) is 0 Å². The summed E-state index contributed by atoms with van der Waals surface area (Å²) in [5.41, 5.74) is 12.3. The number of halogens is 8. The summed E-state index contributed by atoms with van der Waals surface area (Å²) in [6.45, 7) is 4.04. The van der Waals surface area contributed by atoms with Gasteiger partial charge in [-0.25, -0.2) is 0 Å². The number of hydrogen-bond acceptors (Lipinski definition) is 7. The number of hydrogen-bond donors (Lipinski definition) is 2. The Labute approximate surface area is 356 Å². The highest BCUT2D eigenvalue weighted by Crippen LogP contribution is 2.38. The van der Waals surface area contributed by atoms with Gasteiger partial charge >= 0.3 is 20.6 Å². The Balaban J connectivity index is 1.23. The van der Waals surface area contributed by atoms with Gasteiger partial charge in [0, 0.05) is 45.3 Å². The van der Waals surface area contributed by atoms with Crippen LogP contribution in [0.15, 0.2) is 105 Å². The van der Waals surface area contributed by atoms with Crippen LogP contribution in [-0.4, -0.2) is 24.3 Å². The molecule has 0 aromatic heterocycles. The Bertz CT molecular complexity index is 1840. The molecule has 4 aromatic carbocycles. The van der Waals surface area contributed by atoms with Crippen LogP contribution in [0.2, 0.25) is 10.0 Å². The summed E-state index contributed by atoms with van der Waals surface area (Å²) in [6, 6.07) is 21.2. The summed E-state index contributed by atoms with van der Waals surface area (Å²) < 4.78 is 103. The summed E-state index contributed by atoms with van der Waals surface area (Å²) in [5, 5.41) is 1.01. The largest absolute Gasteiger partial charge is 0.697 e. The van der Waals surface area contributed by atoms with Gasteiger partial charge in [-0.2, -0.15) is 26.3 Å². The van der Waals surface area contributed by atoms with Crippen molar-refractivity contribution in [3.05, 3.63) is 117 Å². The molecule has 4 aromatic rings. The average molecular weight is 909 g/mol. The van der Waals surface area contributed by atoms with Gasteiger partial charge in [-0.1, -0.05) is 97.7 Å². The maximum Gasteiger partial charge on any atom is 0.697 e. The van der Waals surface area contributed by atoms with Gasteiger partial charge in [0.15, 0.2) is 0 Å². The molecule has 0 aliphatic rings. The minimum Gasteiger partial charge on any atom is -0.323 e. The lowest BCUT2D eigenvalue weighted by molar-refractivity contribution is -0.138. The molecule has 0 aliphatic carbocycles. The Morgan fingerprint density at radius 2 is 0.966 bits per heavy atom. The Morgan fingerprint density at radius 3 is 1.31 bits per heavy atom. The van der Waals surface area contributed by atoms with E-state index in [0.29, 0.717) is 71.2 Å². The van der Waals surface area contributed by atoms with Crippen molar-refractivity contribution < 1.29 is 40.0 Å². The van der Waals surface area contributed by atoms with E-state index >= 15 is 0 Å². The van der Waals surface area contributed by atoms with Gasteiger partial charge in [-0.05, 0) is 123 Å². The maximum atomic E-state index is 13.1. The van der Waals surface area contributed by atoms with Crippen LogP contribution in [0.4, 0.5) is 26.3 Å². The molecule has 0 fully saturated rings. The van der Waals surface area contributed by atoms with Crippen LogP contribution in [0.1, 0.15) is 87.5 Å². The molecule has 0 saturated heterocycles. The Hall–Kier alpha value is -2.32. The van der Waals surface area contributed by atoms with Crippen LogP contribution >= 0.6 is 55.0 Å². The van der Waals surface area contributed by atoms with Crippen molar-refractivity contribution in [3.63, 3.8) is 0 Å². The molecule has 0 bridgehead atoms. The SMILES string of the molecule is CCC[C@@](N)(CCCc1ccc(Sc2cccc(C(F)(F)F)c2)cc1Cl)CO[P+](=O)OC[C@@](N)(CCC)CCCc1ccc(Sc2cccc(C(F)(F)F)c2)cc1Cl. The smallest absolute Gasteiger partial charge is 0.323 e. The molecule has 2 atom stereocenters. The minimum atomic E-state index is -4.42. The summed E-state index contributed by atoms with van der Waals surface area (Å²) >= 11 is 15.5. The fourth-order valence-corrected chi connectivity index (χ4v) is 9.84. The molecule has 0 aliphatic heterocycles. The summed E-state index contributed by atoms with van der Waals surface area (Å²) in [4.78, 5) is 2.35. The van der Waals surface area contributed by atoms with E-state index in [2.05, 4.69) is 0 Å². The van der Waals surface area contributed by atoms with E-state index in [4.69, 9.17) is 43.7 Å². The third-order valence-corrected chi connectivity index (χ3v) is 12.8. The van der Waals surface area contributed by atoms with Crippen molar-refractivity contribution in [2.75, 3.05) is 13.2 Å². The number of nitrogens with two attached hydrogens (primary N) is 2. The average Bonchev–Trinajstić information content (AvgIpc) is 3.15. The van der Waals surface area contributed by atoms with Gasteiger partial charge in [0.1, 0.15) is 13.2 Å². The number of rotatable bonds is 22.